The monoisotopic (exact) mass is 562 g/mol. The zero-order chi connectivity index (χ0) is 29.0. The van der Waals surface area contributed by atoms with E-state index in [4.69, 9.17) is 0 Å². The van der Waals surface area contributed by atoms with E-state index in [-0.39, 0.29) is 31.1 Å². The molecule has 0 atom stereocenters. The fourth-order valence-electron chi connectivity index (χ4n) is 4.92. The van der Waals surface area contributed by atoms with E-state index < -0.39 is 11.7 Å². The molecule has 0 bridgehead atoms. The Morgan fingerprint density at radius 2 is 1.63 bits per heavy atom. The quantitative estimate of drug-likeness (QED) is 0.218. The van der Waals surface area contributed by atoms with Crippen molar-refractivity contribution in [2.45, 2.75) is 51.4 Å². The number of aromatic amines is 1. The number of nitrogens with one attached hydrogen (secondary N) is 2. The largest absolute Gasteiger partial charge is 0.416 e. The second kappa shape index (κ2) is 12.1. The van der Waals surface area contributed by atoms with Crippen LogP contribution in [-0.2, 0) is 30.4 Å². The first-order chi connectivity index (χ1) is 19.7. The van der Waals surface area contributed by atoms with Gasteiger partial charge >= 0.3 is 12.2 Å². The molecule has 0 saturated heterocycles. The van der Waals surface area contributed by atoms with E-state index in [1.807, 2.05) is 54.7 Å². The molecule has 1 saturated carbocycles. The number of carbonyl (C=O) groups excluding carboxylic acids is 2. The van der Waals surface area contributed by atoms with Gasteiger partial charge in [0.1, 0.15) is 6.54 Å². The molecule has 1 fully saturated rings. The van der Waals surface area contributed by atoms with Crippen LogP contribution in [0.4, 0.5) is 23.7 Å². The smallest absolute Gasteiger partial charge is 0.361 e. The molecule has 0 spiro atoms. The van der Waals surface area contributed by atoms with Gasteiger partial charge in [0.2, 0.25) is 5.91 Å². The molecule has 3 amide bonds. The summed E-state index contributed by atoms with van der Waals surface area (Å²) < 4.78 is 39.3. The van der Waals surface area contributed by atoms with Crippen molar-refractivity contribution in [3.63, 3.8) is 0 Å². The number of nitrogens with zero attached hydrogens (tertiary/aromatic N) is 2. The summed E-state index contributed by atoms with van der Waals surface area (Å²) in [4.78, 5) is 33.4. The number of rotatable bonds is 10. The SMILES string of the molecule is CCc1ccc(NC(=O)N(CC(=O)N(CCc2c[nH]c3ccccc23)Cc2ccc(C(F)(F)F)cc2)C2CC2)cc1. The number of aromatic nitrogens is 1. The highest BCUT2D eigenvalue weighted by Crippen LogP contribution is 2.30. The van der Waals surface area contributed by atoms with Crippen molar-refractivity contribution in [3.8, 4) is 0 Å². The first-order valence-corrected chi connectivity index (χ1v) is 13.9. The molecule has 4 aromatic rings. The van der Waals surface area contributed by atoms with Crippen molar-refractivity contribution in [2.24, 2.45) is 0 Å². The third kappa shape index (κ3) is 7.09. The minimum absolute atomic E-state index is 0.0181. The normalized spacial score (nSPS) is 13.3. The van der Waals surface area contributed by atoms with Gasteiger partial charge in [-0.15, -0.1) is 0 Å². The highest BCUT2D eigenvalue weighted by Gasteiger charge is 2.35. The predicted octanol–water partition coefficient (Wildman–Crippen LogP) is 7.02. The molecule has 1 aliphatic rings. The van der Waals surface area contributed by atoms with E-state index in [1.165, 1.54) is 12.1 Å². The standard InChI is InChI=1S/C32H33F3N4O2/c1-2-22-9-13-26(14-10-22)37-31(41)39(27-15-16-27)21-30(40)38(20-23-7-11-25(12-8-23)32(33,34)35)18-17-24-19-36-29-6-4-3-5-28(24)29/h3-14,19,27,36H,2,15-18,20-21H2,1H3,(H,37,41). The highest BCUT2D eigenvalue weighted by atomic mass is 19.4. The fraction of sp³-hybridized carbons (Fsp3) is 0.312. The number of halogens is 3. The highest BCUT2D eigenvalue weighted by molar-refractivity contribution is 5.93. The average Bonchev–Trinajstić information content (AvgIpc) is 3.73. The Kier molecular flexibility index (Phi) is 8.33. The number of benzene rings is 3. The van der Waals surface area contributed by atoms with Crippen LogP contribution in [0.1, 0.15) is 42.0 Å². The Bertz CT molecular complexity index is 1490. The summed E-state index contributed by atoms with van der Waals surface area (Å²) in [6.45, 7) is 2.43. The van der Waals surface area contributed by atoms with Gasteiger partial charge in [0, 0.05) is 41.9 Å². The van der Waals surface area contributed by atoms with Gasteiger partial charge in [0.25, 0.3) is 0 Å². The molecule has 3 aromatic carbocycles. The summed E-state index contributed by atoms with van der Waals surface area (Å²) in [5.41, 5.74) is 3.70. The molecule has 0 radical (unpaired) electrons. The molecule has 5 rings (SSSR count). The third-order valence-electron chi connectivity index (χ3n) is 7.50. The molecule has 1 aromatic heterocycles. The van der Waals surface area contributed by atoms with E-state index in [9.17, 15) is 22.8 Å². The topological polar surface area (TPSA) is 68.4 Å². The van der Waals surface area contributed by atoms with Crippen molar-refractivity contribution >= 4 is 28.5 Å². The number of urea groups is 1. The van der Waals surface area contributed by atoms with Gasteiger partial charge in [0.05, 0.1) is 5.56 Å². The van der Waals surface area contributed by atoms with Gasteiger partial charge in [-0.3, -0.25) is 4.79 Å². The van der Waals surface area contributed by atoms with Crippen LogP contribution in [0.2, 0.25) is 0 Å². The van der Waals surface area contributed by atoms with Crippen molar-refractivity contribution in [3.05, 3.63) is 101 Å². The van der Waals surface area contributed by atoms with E-state index in [1.54, 1.807) is 9.80 Å². The Balaban J connectivity index is 1.32. The molecular formula is C32H33F3N4O2. The van der Waals surface area contributed by atoms with Crippen molar-refractivity contribution in [1.82, 2.24) is 14.8 Å². The number of H-pyrrole nitrogens is 1. The van der Waals surface area contributed by atoms with Crippen LogP contribution in [0.5, 0.6) is 0 Å². The number of hydrogen-bond donors (Lipinski definition) is 2. The number of carbonyl (C=O) groups is 2. The zero-order valence-electron chi connectivity index (χ0n) is 22.9. The number of para-hydroxylation sites is 1. The first-order valence-electron chi connectivity index (χ1n) is 13.9. The summed E-state index contributed by atoms with van der Waals surface area (Å²) in [5.74, 6) is -0.256. The Labute approximate surface area is 237 Å². The number of anilines is 1. The number of amides is 3. The van der Waals surface area contributed by atoms with E-state index in [2.05, 4.69) is 17.2 Å². The third-order valence-corrected chi connectivity index (χ3v) is 7.50. The van der Waals surface area contributed by atoms with Crippen LogP contribution in [0.3, 0.4) is 0 Å². The number of hydrogen-bond acceptors (Lipinski definition) is 2. The van der Waals surface area contributed by atoms with E-state index >= 15 is 0 Å². The molecule has 214 valence electrons. The van der Waals surface area contributed by atoms with E-state index in [0.29, 0.717) is 24.2 Å². The number of fused-ring (bicyclic) bond motifs is 1. The average molecular weight is 563 g/mol. The lowest BCUT2D eigenvalue weighted by Crippen LogP contribution is -2.45. The molecule has 1 heterocycles. The number of alkyl halides is 3. The molecule has 0 aliphatic heterocycles. The van der Waals surface area contributed by atoms with Crippen LogP contribution >= 0.6 is 0 Å². The Hall–Kier alpha value is -4.27. The Morgan fingerprint density at radius 1 is 0.951 bits per heavy atom. The lowest BCUT2D eigenvalue weighted by atomic mass is 10.1. The van der Waals surface area contributed by atoms with Crippen LogP contribution < -0.4 is 5.32 Å². The molecule has 6 nitrogen and oxygen atoms in total. The molecule has 9 heteroatoms. The molecular weight excluding hydrogens is 529 g/mol. The van der Waals surface area contributed by atoms with Crippen molar-refractivity contribution in [2.75, 3.05) is 18.4 Å². The van der Waals surface area contributed by atoms with Crippen LogP contribution in [-0.4, -0.2) is 45.9 Å². The minimum Gasteiger partial charge on any atom is -0.361 e. The van der Waals surface area contributed by atoms with Crippen molar-refractivity contribution in [1.29, 1.82) is 0 Å². The predicted molar refractivity (Wildman–Crippen MR) is 153 cm³/mol. The molecule has 2 N–H and O–H groups in total. The summed E-state index contributed by atoms with van der Waals surface area (Å²) in [7, 11) is 0. The lowest BCUT2D eigenvalue weighted by molar-refractivity contribution is -0.137. The van der Waals surface area contributed by atoms with Gasteiger partial charge in [-0.1, -0.05) is 49.4 Å². The maximum Gasteiger partial charge on any atom is 0.416 e. The van der Waals surface area contributed by atoms with Crippen LogP contribution in [0.15, 0.2) is 79.0 Å². The summed E-state index contributed by atoms with van der Waals surface area (Å²) in [5, 5.41) is 3.97. The minimum atomic E-state index is -4.43. The second-order valence-electron chi connectivity index (χ2n) is 10.5. The molecule has 0 unspecified atom stereocenters. The number of aryl methyl sites for hydroxylation is 1. The lowest BCUT2D eigenvalue weighted by Gasteiger charge is -2.28. The zero-order valence-corrected chi connectivity index (χ0v) is 22.9. The summed E-state index contributed by atoms with van der Waals surface area (Å²) in [6, 6.07) is 20.0. The van der Waals surface area contributed by atoms with Gasteiger partial charge in [0.15, 0.2) is 0 Å². The Morgan fingerprint density at radius 3 is 2.29 bits per heavy atom. The summed E-state index contributed by atoms with van der Waals surface area (Å²) in [6.07, 6.45) is 0.574. The van der Waals surface area contributed by atoms with Crippen LogP contribution in [0.25, 0.3) is 10.9 Å². The fourth-order valence-corrected chi connectivity index (χ4v) is 4.92. The maximum atomic E-state index is 13.7. The molecule has 41 heavy (non-hydrogen) atoms. The second-order valence-corrected chi connectivity index (χ2v) is 10.5. The molecule has 1 aliphatic carbocycles. The van der Waals surface area contributed by atoms with Gasteiger partial charge in [-0.2, -0.15) is 13.2 Å². The summed E-state index contributed by atoms with van der Waals surface area (Å²) >= 11 is 0. The van der Waals surface area contributed by atoms with Crippen LogP contribution in [0, 0.1) is 0 Å². The van der Waals surface area contributed by atoms with Gasteiger partial charge in [-0.05, 0) is 72.7 Å². The van der Waals surface area contributed by atoms with Gasteiger partial charge < -0.3 is 20.1 Å². The first kappa shape index (κ1) is 28.3. The maximum absolute atomic E-state index is 13.7. The van der Waals surface area contributed by atoms with Gasteiger partial charge in [-0.25, -0.2) is 4.79 Å². The van der Waals surface area contributed by atoms with E-state index in [0.717, 1.165) is 53.4 Å². The van der Waals surface area contributed by atoms with Crippen molar-refractivity contribution < 1.29 is 22.8 Å².